The van der Waals surface area contributed by atoms with E-state index in [-0.39, 0.29) is 64.4 Å². The van der Waals surface area contributed by atoms with Gasteiger partial charge < -0.3 is 24.4 Å². The first kappa shape index (κ1) is 39.5. The van der Waals surface area contributed by atoms with Crippen LogP contribution >= 0.6 is 19.4 Å². The second-order valence-electron chi connectivity index (χ2n) is 12.4. The van der Waals surface area contributed by atoms with Gasteiger partial charge in [-0.05, 0) is 17.4 Å². The van der Waals surface area contributed by atoms with Crippen LogP contribution in [0.2, 0.25) is 0 Å². The van der Waals surface area contributed by atoms with Crippen LogP contribution in [0.15, 0.2) is 30.3 Å². The highest BCUT2D eigenvalue weighted by Gasteiger charge is 2.34. The van der Waals surface area contributed by atoms with E-state index < -0.39 is 42.3 Å². The predicted molar refractivity (Wildman–Crippen MR) is 175 cm³/mol. The number of amides is 2. The third-order valence-electron chi connectivity index (χ3n) is 6.97. The molecule has 13 heteroatoms. The normalized spacial score (nSPS) is 14.5. The number of carbonyl (C=O) groups is 5. The Hall–Kier alpha value is -2.53. The number of Topliss-reactive ketones (excluding diaryl/α,β-unsaturated/α-hetero) is 1. The quantitative estimate of drug-likeness (QED) is 0.152. The highest BCUT2D eigenvalue weighted by Crippen LogP contribution is 2.46. The van der Waals surface area contributed by atoms with E-state index in [2.05, 4.69) is 15.4 Å². The minimum atomic E-state index is -3.58. The number of nitrogens with one attached hydrogen (secondary N) is 2. The molecule has 0 saturated heterocycles. The van der Waals surface area contributed by atoms with Gasteiger partial charge in [-0.2, -0.15) is 0 Å². The highest BCUT2D eigenvalue weighted by molar-refractivity contribution is 8.13. The van der Waals surface area contributed by atoms with Gasteiger partial charge in [0.1, 0.15) is 0 Å². The monoisotopic (exact) mass is 660 g/mol. The smallest absolute Gasteiger partial charge is 0.327 e. The summed E-state index contributed by atoms with van der Waals surface area (Å²) in [5, 5.41) is 5.30. The molecule has 0 aliphatic heterocycles. The minimum Gasteiger partial charge on any atom is -0.469 e. The molecule has 0 fully saturated rings. The summed E-state index contributed by atoms with van der Waals surface area (Å²) in [6, 6.07) is 8.65. The highest BCUT2D eigenvalue weighted by atomic mass is 32.2. The van der Waals surface area contributed by atoms with Gasteiger partial charge in [0.15, 0.2) is 10.9 Å². The molecule has 0 aliphatic rings. The van der Waals surface area contributed by atoms with Gasteiger partial charge >= 0.3 is 13.6 Å². The molecular formula is C31H53N2O9PS. The zero-order valence-corrected chi connectivity index (χ0v) is 28.9. The lowest BCUT2D eigenvalue weighted by Crippen LogP contribution is -2.43. The zero-order chi connectivity index (χ0) is 33.6. The van der Waals surface area contributed by atoms with Crippen LogP contribution in [0.3, 0.4) is 0 Å². The number of hydrogen-bond acceptors (Lipinski definition) is 10. The molecule has 11 nitrogen and oxygen atoms in total. The number of carbonyl (C=O) groups excluding carboxylic acids is 5. The maximum atomic E-state index is 13.0. The van der Waals surface area contributed by atoms with Crippen LogP contribution in [0.5, 0.6) is 0 Å². The van der Waals surface area contributed by atoms with Crippen molar-refractivity contribution in [1.29, 1.82) is 0 Å². The largest absolute Gasteiger partial charge is 0.469 e. The minimum absolute atomic E-state index is 0. The Morgan fingerprint density at radius 3 is 2.20 bits per heavy atom. The Morgan fingerprint density at radius 2 is 1.61 bits per heavy atom. The van der Waals surface area contributed by atoms with Gasteiger partial charge in [-0.1, -0.05) is 83.6 Å². The molecule has 0 aliphatic carbocycles. The van der Waals surface area contributed by atoms with E-state index in [1.807, 2.05) is 30.3 Å². The number of methoxy groups -OCH3 is 1. The number of benzene rings is 1. The molecule has 0 bridgehead atoms. The first-order valence-electron chi connectivity index (χ1n) is 14.6. The summed E-state index contributed by atoms with van der Waals surface area (Å²) in [6.07, 6.45) is 0.580. The topological polar surface area (TPSA) is 154 Å². The Labute approximate surface area is 268 Å². The summed E-state index contributed by atoms with van der Waals surface area (Å²) in [7, 11) is -2.31. The molecule has 0 saturated carbocycles. The maximum absolute atomic E-state index is 13.0. The number of rotatable bonds is 19. The van der Waals surface area contributed by atoms with Crippen molar-refractivity contribution < 1.29 is 45.2 Å². The first-order valence-corrected chi connectivity index (χ1v) is 17.6. The fourth-order valence-corrected chi connectivity index (χ4v) is 5.68. The van der Waals surface area contributed by atoms with Crippen molar-refractivity contribution in [2.24, 2.45) is 16.7 Å². The first-order chi connectivity index (χ1) is 20.4. The van der Waals surface area contributed by atoms with E-state index >= 15 is 0 Å². The Balaban J connectivity index is 0. The van der Waals surface area contributed by atoms with E-state index in [0.29, 0.717) is 6.42 Å². The number of thioether (sulfide) groups is 1. The van der Waals surface area contributed by atoms with Crippen LogP contribution in [0.25, 0.3) is 0 Å². The van der Waals surface area contributed by atoms with E-state index in [1.54, 1.807) is 41.5 Å². The lowest BCUT2D eigenvalue weighted by Gasteiger charge is -2.31. The molecule has 2 N–H and O–H groups in total. The standard InChI is InChI=1S/C31H49N2O9PS.2H2/c1-22(28(37)32-18-16-27(36)40-7)31(5,6)21-42-43(8,39)41-19-17-26(35)33-24(20-44-29(38)30(2,3)4)25(34)15-14-23-12-10-9-11-13-23;;/h9-13,22,24H,14-21H2,1-8H3,(H,32,37)(H,33,35);2*1H/t22-,24-,43?;;/m0../s1. The summed E-state index contributed by atoms with van der Waals surface area (Å²) in [4.78, 5) is 62.0. The molecule has 0 spiro atoms. The molecule has 44 heavy (non-hydrogen) atoms. The molecule has 2 amide bonds. The molecule has 1 aromatic rings. The molecule has 0 radical (unpaired) electrons. The van der Waals surface area contributed by atoms with Crippen molar-refractivity contribution in [3.05, 3.63) is 35.9 Å². The number of ketones is 1. The van der Waals surface area contributed by atoms with Crippen LogP contribution < -0.4 is 10.6 Å². The van der Waals surface area contributed by atoms with E-state index in [0.717, 1.165) is 17.3 Å². The summed E-state index contributed by atoms with van der Waals surface area (Å²) in [5.74, 6) is -1.82. The Morgan fingerprint density at radius 1 is 0.977 bits per heavy atom. The molecular weight excluding hydrogens is 607 g/mol. The summed E-state index contributed by atoms with van der Waals surface area (Å²) in [5.41, 5.74) is -0.325. The van der Waals surface area contributed by atoms with Crippen molar-refractivity contribution in [2.75, 3.05) is 39.3 Å². The number of aryl methyl sites for hydroxylation is 1. The van der Waals surface area contributed by atoms with Crippen LogP contribution in [0, 0.1) is 16.7 Å². The summed E-state index contributed by atoms with van der Waals surface area (Å²) in [6.45, 7) is 11.8. The van der Waals surface area contributed by atoms with Crippen molar-refractivity contribution >= 4 is 48.0 Å². The van der Waals surface area contributed by atoms with Gasteiger partial charge in [0.25, 0.3) is 0 Å². The fraction of sp³-hybridized carbons (Fsp3) is 0.645. The molecule has 1 aromatic carbocycles. The Kier molecular flexibility index (Phi) is 16.6. The van der Waals surface area contributed by atoms with Crippen molar-refractivity contribution in [3.8, 4) is 0 Å². The molecule has 252 valence electrons. The van der Waals surface area contributed by atoms with Crippen molar-refractivity contribution in [2.45, 2.75) is 73.3 Å². The second-order valence-corrected chi connectivity index (χ2v) is 15.4. The lowest BCUT2D eigenvalue weighted by molar-refractivity contribution is -0.140. The average molecular weight is 661 g/mol. The third kappa shape index (κ3) is 15.5. The fourth-order valence-electron chi connectivity index (χ4n) is 3.59. The zero-order valence-electron chi connectivity index (χ0n) is 27.2. The van der Waals surface area contributed by atoms with Gasteiger partial charge in [0.05, 0.1) is 39.2 Å². The van der Waals surface area contributed by atoms with E-state index in [4.69, 9.17) is 9.05 Å². The lowest BCUT2D eigenvalue weighted by atomic mass is 9.80. The van der Waals surface area contributed by atoms with Gasteiger partial charge in [-0.3, -0.25) is 28.5 Å². The SMILES string of the molecule is COC(=O)CCNC(=O)[C@H](C)C(C)(C)COP(C)(=O)OCCC(=O)N[C@@H](CSC(=O)C(C)(C)C)C(=O)CCc1ccccc1.[HH].[HH]. The summed E-state index contributed by atoms with van der Waals surface area (Å²) >= 11 is 1.01. The number of esters is 1. The van der Waals surface area contributed by atoms with Crippen LogP contribution in [-0.4, -0.2) is 74.0 Å². The van der Waals surface area contributed by atoms with Crippen LogP contribution in [-0.2, 0) is 48.7 Å². The number of hydrogen-bond donors (Lipinski definition) is 2. The number of ether oxygens (including phenoxy) is 1. The molecule has 1 rings (SSSR count). The van der Waals surface area contributed by atoms with Gasteiger partial charge in [-0.15, -0.1) is 0 Å². The second kappa shape index (κ2) is 18.4. The summed E-state index contributed by atoms with van der Waals surface area (Å²) < 4.78 is 28.4. The van der Waals surface area contributed by atoms with E-state index in [9.17, 15) is 28.5 Å². The maximum Gasteiger partial charge on any atom is 0.327 e. The van der Waals surface area contributed by atoms with Crippen LogP contribution in [0.1, 0.15) is 69.2 Å². The van der Waals surface area contributed by atoms with Crippen molar-refractivity contribution in [1.82, 2.24) is 10.6 Å². The third-order valence-corrected chi connectivity index (χ3v) is 9.59. The molecule has 3 atom stereocenters. The predicted octanol–water partition coefficient (Wildman–Crippen LogP) is 5.06. The average Bonchev–Trinajstić information content (AvgIpc) is 2.96. The van der Waals surface area contributed by atoms with Gasteiger partial charge in [0, 0.05) is 39.6 Å². The van der Waals surface area contributed by atoms with Gasteiger partial charge in [-0.25, -0.2) is 0 Å². The molecule has 0 heterocycles. The van der Waals surface area contributed by atoms with Gasteiger partial charge in [0.2, 0.25) is 11.8 Å². The van der Waals surface area contributed by atoms with E-state index in [1.165, 1.54) is 13.8 Å². The van der Waals surface area contributed by atoms with Crippen molar-refractivity contribution in [3.63, 3.8) is 0 Å². The molecule has 1 unspecified atom stereocenters. The molecule has 0 aromatic heterocycles. The van der Waals surface area contributed by atoms with Crippen LogP contribution in [0.4, 0.5) is 0 Å². The Bertz CT molecular complexity index is 1180.